The van der Waals surface area contributed by atoms with Crippen molar-refractivity contribution in [1.29, 1.82) is 0 Å². The van der Waals surface area contributed by atoms with Crippen molar-refractivity contribution in [2.75, 3.05) is 37.0 Å². The number of hydrogen-bond donors (Lipinski definition) is 1. The molecule has 1 heterocycles. The number of benzene rings is 2. The van der Waals surface area contributed by atoms with E-state index in [1.807, 2.05) is 61.6 Å². The zero-order valence-electron chi connectivity index (χ0n) is 14.6. The summed E-state index contributed by atoms with van der Waals surface area (Å²) in [6.45, 7) is 1.24. The maximum Gasteiger partial charge on any atom is 0.228 e. The van der Waals surface area contributed by atoms with Gasteiger partial charge in [0.25, 0.3) is 0 Å². The number of carbonyl (C=O) groups excluding carboxylic acids is 2. The molecule has 2 amide bonds. The number of likely N-dealkylation sites (N-methyl/N-ethyl adjacent to an activating group) is 1. The Hall–Kier alpha value is -2.82. The van der Waals surface area contributed by atoms with E-state index in [4.69, 9.17) is 0 Å². The summed E-state index contributed by atoms with van der Waals surface area (Å²) in [4.78, 5) is 28.5. The second-order valence-corrected chi connectivity index (χ2v) is 6.32. The molecule has 0 spiro atoms. The van der Waals surface area contributed by atoms with Gasteiger partial charge in [-0.05, 0) is 23.8 Å². The predicted molar refractivity (Wildman–Crippen MR) is 99.9 cm³/mol. The van der Waals surface area contributed by atoms with Crippen LogP contribution in [0.2, 0.25) is 0 Å². The molecule has 0 aromatic heterocycles. The average molecular weight is 337 g/mol. The van der Waals surface area contributed by atoms with Gasteiger partial charge in [-0.25, -0.2) is 0 Å². The molecular weight excluding hydrogens is 314 g/mol. The summed E-state index contributed by atoms with van der Waals surface area (Å²) in [5, 5.41) is 2.98. The molecule has 0 aliphatic carbocycles. The van der Waals surface area contributed by atoms with Crippen LogP contribution < -0.4 is 15.1 Å². The van der Waals surface area contributed by atoms with Gasteiger partial charge in [0.15, 0.2) is 0 Å². The Balaban J connectivity index is 1.62. The summed E-state index contributed by atoms with van der Waals surface area (Å²) < 4.78 is 0. The van der Waals surface area contributed by atoms with Crippen molar-refractivity contribution in [3.8, 4) is 0 Å². The van der Waals surface area contributed by atoms with Crippen LogP contribution in [-0.2, 0) is 9.59 Å². The van der Waals surface area contributed by atoms with E-state index in [1.54, 1.807) is 11.9 Å². The molecule has 0 radical (unpaired) electrons. The topological polar surface area (TPSA) is 52.7 Å². The fraction of sp³-hybridized carbons (Fsp3) is 0.300. The molecule has 5 heteroatoms. The summed E-state index contributed by atoms with van der Waals surface area (Å²) in [7, 11) is 3.75. The number of nitrogens with zero attached hydrogens (tertiary/aromatic N) is 2. The smallest absolute Gasteiger partial charge is 0.228 e. The Morgan fingerprint density at radius 2 is 1.84 bits per heavy atom. The third-order valence-electron chi connectivity index (χ3n) is 4.69. The lowest BCUT2D eigenvalue weighted by Gasteiger charge is -2.31. The van der Waals surface area contributed by atoms with E-state index in [0.29, 0.717) is 13.1 Å². The number of para-hydroxylation sites is 2. The molecule has 1 aliphatic heterocycles. The van der Waals surface area contributed by atoms with E-state index in [9.17, 15) is 9.59 Å². The van der Waals surface area contributed by atoms with Gasteiger partial charge in [0.2, 0.25) is 11.8 Å². The van der Waals surface area contributed by atoms with E-state index in [0.717, 1.165) is 16.9 Å². The van der Waals surface area contributed by atoms with Gasteiger partial charge in [0, 0.05) is 45.0 Å². The van der Waals surface area contributed by atoms with E-state index in [1.165, 1.54) is 0 Å². The first-order valence-corrected chi connectivity index (χ1v) is 8.47. The predicted octanol–water partition coefficient (Wildman–Crippen LogP) is 2.39. The fourth-order valence-corrected chi connectivity index (χ4v) is 3.16. The Kier molecular flexibility index (Phi) is 5.03. The zero-order chi connectivity index (χ0) is 17.8. The molecule has 25 heavy (non-hydrogen) atoms. The van der Waals surface area contributed by atoms with Gasteiger partial charge in [-0.2, -0.15) is 0 Å². The first-order chi connectivity index (χ1) is 12.1. The Morgan fingerprint density at radius 1 is 1.16 bits per heavy atom. The third-order valence-corrected chi connectivity index (χ3v) is 4.69. The summed E-state index contributed by atoms with van der Waals surface area (Å²) in [6, 6.07) is 17.6. The number of amides is 2. The van der Waals surface area contributed by atoms with Crippen LogP contribution in [0.15, 0.2) is 54.6 Å². The van der Waals surface area contributed by atoms with Crippen LogP contribution in [0, 0.1) is 0 Å². The number of nitrogens with one attached hydrogen (secondary N) is 1. The van der Waals surface area contributed by atoms with Gasteiger partial charge < -0.3 is 15.1 Å². The number of hydrogen-bond acceptors (Lipinski definition) is 3. The van der Waals surface area contributed by atoms with Crippen LogP contribution >= 0.6 is 0 Å². The second-order valence-electron chi connectivity index (χ2n) is 6.32. The normalized spacial score (nSPS) is 16.3. The molecule has 1 unspecified atom stereocenters. The lowest BCUT2D eigenvalue weighted by Crippen LogP contribution is -2.41. The van der Waals surface area contributed by atoms with Crippen molar-refractivity contribution in [2.24, 2.45) is 0 Å². The van der Waals surface area contributed by atoms with Gasteiger partial charge in [-0.1, -0.05) is 36.4 Å². The third kappa shape index (κ3) is 3.65. The second kappa shape index (κ2) is 7.38. The molecule has 5 nitrogen and oxygen atoms in total. The summed E-state index contributed by atoms with van der Waals surface area (Å²) in [5.41, 5.74) is 2.84. The van der Waals surface area contributed by atoms with Crippen LogP contribution in [0.1, 0.15) is 17.9 Å². The van der Waals surface area contributed by atoms with Crippen LogP contribution in [0.4, 0.5) is 11.4 Å². The molecule has 1 aliphatic rings. The van der Waals surface area contributed by atoms with Crippen LogP contribution in [-0.4, -0.2) is 39.0 Å². The first-order valence-electron chi connectivity index (χ1n) is 8.47. The fourth-order valence-electron chi connectivity index (χ4n) is 3.16. The number of carbonyl (C=O) groups is 2. The highest BCUT2D eigenvalue weighted by Gasteiger charge is 2.33. The molecule has 0 fully saturated rings. The van der Waals surface area contributed by atoms with Crippen molar-refractivity contribution in [3.05, 3.63) is 60.2 Å². The first kappa shape index (κ1) is 17.0. The molecule has 0 saturated heterocycles. The highest BCUT2D eigenvalue weighted by Crippen LogP contribution is 2.35. The van der Waals surface area contributed by atoms with Gasteiger partial charge in [-0.15, -0.1) is 0 Å². The van der Waals surface area contributed by atoms with Crippen molar-refractivity contribution < 1.29 is 9.59 Å². The number of rotatable bonds is 5. The minimum Gasteiger partial charge on any atom is -0.373 e. The lowest BCUT2D eigenvalue weighted by atomic mass is 9.89. The molecule has 0 bridgehead atoms. The average Bonchev–Trinajstić information content (AvgIpc) is 2.65. The van der Waals surface area contributed by atoms with Crippen molar-refractivity contribution in [1.82, 2.24) is 5.32 Å². The minimum absolute atomic E-state index is 0.0275. The van der Waals surface area contributed by atoms with Gasteiger partial charge in [0.1, 0.15) is 0 Å². The Labute approximate surface area is 148 Å². The summed E-state index contributed by atoms with van der Waals surface area (Å²) in [6.07, 6.45) is 0.216. The molecule has 1 atom stereocenters. The van der Waals surface area contributed by atoms with Crippen LogP contribution in [0.25, 0.3) is 0 Å². The minimum atomic E-state index is -0.415. The molecule has 2 aromatic rings. The maximum absolute atomic E-state index is 12.6. The highest BCUT2D eigenvalue weighted by atomic mass is 16.2. The van der Waals surface area contributed by atoms with Gasteiger partial charge in [-0.3, -0.25) is 9.59 Å². The molecule has 3 rings (SSSR count). The lowest BCUT2D eigenvalue weighted by molar-refractivity contribution is -0.127. The Morgan fingerprint density at radius 3 is 2.60 bits per heavy atom. The summed E-state index contributed by atoms with van der Waals surface area (Å²) >= 11 is 0. The SMILES string of the molecule is CN(CCNC(=O)C1CC(=O)N(C)c2ccccc21)c1ccccc1. The van der Waals surface area contributed by atoms with Crippen LogP contribution in [0.3, 0.4) is 0 Å². The monoisotopic (exact) mass is 337 g/mol. The van der Waals surface area contributed by atoms with Gasteiger partial charge in [0.05, 0.1) is 5.92 Å². The maximum atomic E-state index is 12.6. The van der Waals surface area contributed by atoms with E-state index < -0.39 is 5.92 Å². The quantitative estimate of drug-likeness (QED) is 0.911. The molecule has 0 saturated carbocycles. The Bertz CT molecular complexity index is 761. The molecular formula is C20H23N3O2. The van der Waals surface area contributed by atoms with Crippen molar-refractivity contribution in [2.45, 2.75) is 12.3 Å². The standard InChI is InChI=1S/C20H23N3O2/c1-22(15-8-4-3-5-9-15)13-12-21-20(25)17-14-19(24)23(2)18-11-7-6-10-16(17)18/h3-11,17H,12-14H2,1-2H3,(H,21,25). The summed E-state index contributed by atoms with van der Waals surface area (Å²) in [5.74, 6) is -0.530. The zero-order valence-corrected chi connectivity index (χ0v) is 14.6. The van der Waals surface area contributed by atoms with E-state index in [-0.39, 0.29) is 18.2 Å². The van der Waals surface area contributed by atoms with Crippen molar-refractivity contribution >= 4 is 23.2 Å². The molecule has 1 N–H and O–H groups in total. The molecule has 2 aromatic carbocycles. The molecule has 130 valence electrons. The van der Waals surface area contributed by atoms with E-state index >= 15 is 0 Å². The van der Waals surface area contributed by atoms with Crippen molar-refractivity contribution in [3.63, 3.8) is 0 Å². The largest absolute Gasteiger partial charge is 0.373 e. The van der Waals surface area contributed by atoms with Gasteiger partial charge >= 0.3 is 0 Å². The highest BCUT2D eigenvalue weighted by molar-refractivity contribution is 6.02. The number of fused-ring (bicyclic) bond motifs is 1. The van der Waals surface area contributed by atoms with Crippen LogP contribution in [0.5, 0.6) is 0 Å². The number of anilines is 2. The van der Waals surface area contributed by atoms with E-state index in [2.05, 4.69) is 10.2 Å².